The van der Waals surface area contributed by atoms with Crippen LogP contribution in [0.5, 0.6) is 0 Å². The van der Waals surface area contributed by atoms with Crippen molar-refractivity contribution in [2.75, 3.05) is 24.7 Å². The second-order valence-electron chi connectivity index (χ2n) is 10.9. The van der Waals surface area contributed by atoms with Gasteiger partial charge >= 0.3 is 0 Å². The summed E-state index contributed by atoms with van der Waals surface area (Å²) in [6.45, 7) is 12.2. The standard InChI is InChI=1S/C28H33F2N7.CH4O3S/c1-15(2)37-18(5)34-27-22(29)12-20(13-24(27)37)26-23(30)14-32-28(36-26)35-25-7-6-21(17(4)33-25)16(3)19-8-10-31-11-9-19;1-5(2,3)4/h6-7,12-16,19,31H,8-11H2,1-5H3,(H,32,33,35,36);1H3,(H,2,3,4). The van der Waals surface area contributed by atoms with Crippen LogP contribution in [0.3, 0.4) is 0 Å². The third-order valence-electron chi connectivity index (χ3n) is 7.41. The van der Waals surface area contributed by atoms with E-state index in [4.69, 9.17) is 9.54 Å². The molecular formula is C29H37F2N7O3S. The molecule has 0 radical (unpaired) electrons. The Hall–Kier alpha value is -3.55. The molecule has 4 heterocycles. The summed E-state index contributed by atoms with van der Waals surface area (Å²) in [7, 11) is -3.67. The monoisotopic (exact) mass is 601 g/mol. The van der Waals surface area contributed by atoms with E-state index in [0.29, 0.717) is 40.8 Å². The number of aryl methyl sites for hydroxylation is 2. The molecule has 10 nitrogen and oxygen atoms in total. The lowest BCUT2D eigenvalue weighted by Gasteiger charge is -2.29. The van der Waals surface area contributed by atoms with Crippen molar-refractivity contribution in [3.63, 3.8) is 0 Å². The van der Waals surface area contributed by atoms with Gasteiger partial charge in [0, 0.05) is 17.3 Å². The molecule has 0 spiro atoms. The minimum atomic E-state index is -3.67. The predicted octanol–water partition coefficient (Wildman–Crippen LogP) is 5.71. The first-order valence-corrected chi connectivity index (χ1v) is 15.7. The Kier molecular flexibility index (Phi) is 9.53. The molecule has 0 aliphatic carbocycles. The van der Waals surface area contributed by atoms with Gasteiger partial charge in [-0.25, -0.2) is 28.7 Å². The van der Waals surface area contributed by atoms with Crippen LogP contribution in [-0.2, 0) is 10.1 Å². The van der Waals surface area contributed by atoms with Crippen LogP contribution in [0.25, 0.3) is 22.3 Å². The van der Waals surface area contributed by atoms with Crippen molar-refractivity contribution in [3.05, 3.63) is 59.2 Å². The molecule has 5 rings (SSSR count). The van der Waals surface area contributed by atoms with E-state index in [0.717, 1.165) is 37.8 Å². The van der Waals surface area contributed by atoms with Crippen molar-refractivity contribution >= 4 is 32.9 Å². The summed E-state index contributed by atoms with van der Waals surface area (Å²) in [5.74, 6) is 1.38. The molecular weight excluding hydrogens is 564 g/mol. The Morgan fingerprint density at radius 2 is 1.71 bits per heavy atom. The number of benzene rings is 1. The number of nitrogens with zero attached hydrogens (tertiary/aromatic N) is 5. The van der Waals surface area contributed by atoms with Gasteiger partial charge in [-0.05, 0) is 89.2 Å². The van der Waals surface area contributed by atoms with Crippen LogP contribution in [0.1, 0.15) is 62.7 Å². The lowest BCUT2D eigenvalue weighted by Crippen LogP contribution is -2.30. The molecule has 4 aromatic rings. The highest BCUT2D eigenvalue weighted by atomic mass is 32.2. The van der Waals surface area contributed by atoms with Gasteiger partial charge in [-0.2, -0.15) is 8.42 Å². The highest BCUT2D eigenvalue weighted by Crippen LogP contribution is 2.33. The third kappa shape index (κ3) is 7.44. The Morgan fingerprint density at radius 3 is 2.33 bits per heavy atom. The fraction of sp³-hybridized carbons (Fsp3) is 0.448. The van der Waals surface area contributed by atoms with E-state index in [9.17, 15) is 17.2 Å². The van der Waals surface area contributed by atoms with Crippen LogP contribution in [0.4, 0.5) is 20.5 Å². The minimum Gasteiger partial charge on any atom is -0.326 e. The third-order valence-corrected chi connectivity index (χ3v) is 7.41. The predicted molar refractivity (Wildman–Crippen MR) is 160 cm³/mol. The molecule has 1 aromatic carbocycles. The van der Waals surface area contributed by atoms with Gasteiger partial charge in [0.05, 0.1) is 18.0 Å². The minimum absolute atomic E-state index is 0.0142. The fourth-order valence-corrected chi connectivity index (χ4v) is 5.52. The van der Waals surface area contributed by atoms with Crippen molar-refractivity contribution in [2.24, 2.45) is 5.92 Å². The first kappa shape index (κ1) is 31.4. The summed E-state index contributed by atoms with van der Waals surface area (Å²) < 4.78 is 57.6. The summed E-state index contributed by atoms with van der Waals surface area (Å²) in [5, 5.41) is 6.51. The van der Waals surface area contributed by atoms with Crippen LogP contribution in [0.15, 0.2) is 30.5 Å². The van der Waals surface area contributed by atoms with Gasteiger partial charge in [0.2, 0.25) is 5.95 Å². The molecule has 42 heavy (non-hydrogen) atoms. The Labute approximate surface area is 244 Å². The van der Waals surface area contributed by atoms with Gasteiger partial charge in [-0.15, -0.1) is 0 Å². The van der Waals surface area contributed by atoms with Gasteiger partial charge in [-0.3, -0.25) is 4.55 Å². The highest BCUT2D eigenvalue weighted by Gasteiger charge is 2.23. The van der Waals surface area contributed by atoms with Gasteiger partial charge in [-0.1, -0.05) is 13.0 Å². The number of pyridine rings is 1. The van der Waals surface area contributed by atoms with Crippen LogP contribution < -0.4 is 10.6 Å². The smallest absolute Gasteiger partial charge is 0.261 e. The number of imidazole rings is 1. The number of hydrogen-bond acceptors (Lipinski definition) is 8. The second kappa shape index (κ2) is 12.8. The first-order chi connectivity index (χ1) is 19.7. The van der Waals surface area contributed by atoms with Crippen LogP contribution >= 0.6 is 0 Å². The van der Waals surface area contributed by atoms with Gasteiger partial charge in [0.25, 0.3) is 10.1 Å². The van der Waals surface area contributed by atoms with E-state index in [1.807, 2.05) is 38.3 Å². The van der Waals surface area contributed by atoms with Crippen LogP contribution in [0, 0.1) is 31.4 Å². The molecule has 1 unspecified atom stereocenters. The van der Waals surface area contributed by atoms with Gasteiger partial charge < -0.3 is 15.2 Å². The molecule has 1 saturated heterocycles. The molecule has 1 aliphatic rings. The van der Waals surface area contributed by atoms with Gasteiger partial charge in [0.1, 0.15) is 22.9 Å². The first-order valence-electron chi connectivity index (χ1n) is 13.8. The average Bonchev–Trinajstić information content (AvgIpc) is 3.25. The summed E-state index contributed by atoms with van der Waals surface area (Å²) in [6.07, 6.45) is 4.14. The molecule has 13 heteroatoms. The number of aromatic nitrogens is 5. The number of piperidine rings is 1. The van der Waals surface area contributed by atoms with Crippen LogP contribution in [0.2, 0.25) is 0 Å². The maximum atomic E-state index is 15.0. The number of rotatable bonds is 6. The molecule has 3 aromatic heterocycles. The van der Waals surface area contributed by atoms with Crippen molar-refractivity contribution in [3.8, 4) is 11.3 Å². The highest BCUT2D eigenvalue weighted by molar-refractivity contribution is 7.85. The fourth-order valence-electron chi connectivity index (χ4n) is 5.52. The van der Waals surface area contributed by atoms with E-state index < -0.39 is 21.8 Å². The van der Waals surface area contributed by atoms with Crippen molar-refractivity contribution in [2.45, 2.75) is 59.4 Å². The lowest BCUT2D eigenvalue weighted by atomic mass is 9.81. The van der Waals surface area contributed by atoms with Crippen LogP contribution in [-0.4, -0.2) is 56.8 Å². The van der Waals surface area contributed by atoms with E-state index in [1.54, 1.807) is 6.07 Å². The largest absolute Gasteiger partial charge is 0.326 e. The Bertz CT molecular complexity index is 1680. The summed E-state index contributed by atoms with van der Waals surface area (Å²) in [6, 6.07) is 7.07. The molecule has 0 bridgehead atoms. The van der Waals surface area contributed by atoms with E-state index in [-0.39, 0.29) is 23.2 Å². The maximum Gasteiger partial charge on any atom is 0.261 e. The van der Waals surface area contributed by atoms with E-state index in [2.05, 4.69) is 38.6 Å². The number of fused-ring (bicyclic) bond motifs is 1. The summed E-state index contributed by atoms with van der Waals surface area (Å²) in [5.41, 5.74) is 3.39. The molecule has 226 valence electrons. The summed E-state index contributed by atoms with van der Waals surface area (Å²) in [4.78, 5) is 17.6. The van der Waals surface area contributed by atoms with Crippen molar-refractivity contribution < 1.29 is 21.8 Å². The Morgan fingerprint density at radius 1 is 1.05 bits per heavy atom. The zero-order valence-corrected chi connectivity index (χ0v) is 25.4. The molecule has 1 aliphatic heterocycles. The second-order valence-corrected chi connectivity index (χ2v) is 12.4. The molecule has 3 N–H and O–H groups in total. The molecule has 0 amide bonds. The van der Waals surface area contributed by atoms with E-state index >= 15 is 0 Å². The number of nitrogens with one attached hydrogen (secondary N) is 2. The molecule has 1 atom stereocenters. The quantitative estimate of drug-likeness (QED) is 0.237. The molecule has 0 saturated carbocycles. The average molecular weight is 602 g/mol. The summed E-state index contributed by atoms with van der Waals surface area (Å²) >= 11 is 0. The number of halogens is 2. The van der Waals surface area contributed by atoms with Crippen molar-refractivity contribution in [1.82, 2.24) is 29.8 Å². The lowest BCUT2D eigenvalue weighted by molar-refractivity contribution is 0.329. The number of anilines is 2. The maximum absolute atomic E-state index is 15.0. The zero-order chi connectivity index (χ0) is 30.8. The molecule has 1 fully saturated rings. The number of hydrogen-bond donors (Lipinski definition) is 3. The SMILES string of the molecule is CS(=O)(=O)O.Cc1nc(Nc2ncc(F)c(-c3cc(F)c4nc(C)n(C(C)C)c4c3)n2)ccc1C(C)C1CCNCC1. The van der Waals surface area contributed by atoms with Crippen molar-refractivity contribution in [1.29, 1.82) is 0 Å². The topological polar surface area (TPSA) is 135 Å². The zero-order valence-electron chi connectivity index (χ0n) is 24.6. The van der Waals surface area contributed by atoms with Gasteiger partial charge in [0.15, 0.2) is 11.6 Å². The van der Waals surface area contributed by atoms with E-state index in [1.165, 1.54) is 11.6 Å². The Balaban J connectivity index is 0.000000748. The normalized spacial score (nSPS) is 15.0.